The van der Waals surface area contributed by atoms with Crippen LogP contribution in [-0.2, 0) is 9.53 Å². The van der Waals surface area contributed by atoms with Crippen molar-refractivity contribution in [3.63, 3.8) is 0 Å². The van der Waals surface area contributed by atoms with E-state index in [4.69, 9.17) is 14.2 Å². The Bertz CT molecular complexity index is 1090. The van der Waals surface area contributed by atoms with E-state index < -0.39 is 23.5 Å². The number of hydrogen-bond donors (Lipinski definition) is 1. The number of aromatic nitrogens is 1. The van der Waals surface area contributed by atoms with Crippen molar-refractivity contribution in [2.75, 3.05) is 27.4 Å². The molecule has 2 aliphatic heterocycles. The Labute approximate surface area is 190 Å². The molecule has 0 spiro atoms. The largest absolute Gasteiger partial charge is 0.503 e. The summed E-state index contributed by atoms with van der Waals surface area (Å²) < 4.78 is 16.8. The number of rotatable bonds is 7. The highest BCUT2D eigenvalue weighted by molar-refractivity contribution is 7.14. The average Bonchev–Trinajstić information content (AvgIpc) is 3.48. The van der Waals surface area contributed by atoms with Gasteiger partial charge in [-0.1, -0.05) is 12.1 Å². The summed E-state index contributed by atoms with van der Waals surface area (Å²) in [7, 11) is 3.03. The summed E-state index contributed by atoms with van der Waals surface area (Å²) >= 11 is 1.25. The van der Waals surface area contributed by atoms with Crippen molar-refractivity contribution in [1.82, 2.24) is 9.88 Å². The van der Waals surface area contributed by atoms with Gasteiger partial charge in [-0.2, -0.15) is 0 Å². The zero-order valence-corrected chi connectivity index (χ0v) is 19.3. The molecule has 8 nitrogen and oxygen atoms in total. The fourth-order valence-electron chi connectivity index (χ4n) is 4.40. The topological polar surface area (TPSA) is 98.2 Å². The summed E-state index contributed by atoms with van der Waals surface area (Å²) in [6, 6.07) is 4.44. The van der Waals surface area contributed by atoms with Crippen LogP contribution in [0.25, 0.3) is 0 Å². The lowest BCUT2D eigenvalue weighted by molar-refractivity contribution is -0.131. The minimum absolute atomic E-state index is 0.0197. The lowest BCUT2D eigenvalue weighted by Crippen LogP contribution is -2.37. The maximum Gasteiger partial charge on any atom is 0.290 e. The first kappa shape index (κ1) is 22.3. The highest BCUT2D eigenvalue weighted by atomic mass is 32.1. The average molecular weight is 459 g/mol. The lowest BCUT2D eigenvalue weighted by atomic mass is 9.93. The molecule has 1 aromatic carbocycles. The van der Waals surface area contributed by atoms with Gasteiger partial charge in [0.25, 0.3) is 5.91 Å². The minimum atomic E-state index is -0.842. The number of benzene rings is 1. The van der Waals surface area contributed by atoms with Crippen LogP contribution >= 0.6 is 11.3 Å². The number of ketones is 1. The Hall–Kier alpha value is -2.91. The van der Waals surface area contributed by atoms with Crippen LogP contribution in [0.4, 0.5) is 0 Å². The first-order chi connectivity index (χ1) is 15.4. The van der Waals surface area contributed by atoms with Gasteiger partial charge in [0.15, 0.2) is 17.3 Å². The number of carbonyl (C=O) groups excluding carboxylic acids is 2. The van der Waals surface area contributed by atoms with Gasteiger partial charge in [-0.25, -0.2) is 4.98 Å². The van der Waals surface area contributed by atoms with Crippen LogP contribution in [0.1, 0.15) is 44.8 Å². The Morgan fingerprint density at radius 1 is 1.31 bits per heavy atom. The SMILES string of the molecule is COc1cccc(C2C(C(=O)c3sc(C)nc3C)=C(O)C(=O)N2CC2CCCO2)c1OC. The molecule has 1 saturated heterocycles. The number of Topliss-reactive ketones (excluding diaryl/α,β-unsaturated/α-hetero) is 1. The second-order valence-corrected chi connectivity index (χ2v) is 9.02. The van der Waals surface area contributed by atoms with Crippen molar-refractivity contribution in [1.29, 1.82) is 0 Å². The third-order valence-corrected chi connectivity index (χ3v) is 6.88. The number of thiazole rings is 1. The maximum atomic E-state index is 13.6. The summed E-state index contributed by atoms with van der Waals surface area (Å²) in [5, 5.41) is 11.6. The quantitative estimate of drug-likeness (QED) is 0.634. The molecule has 0 saturated carbocycles. The van der Waals surface area contributed by atoms with E-state index in [0.29, 0.717) is 34.2 Å². The molecule has 0 aliphatic carbocycles. The van der Waals surface area contributed by atoms with Crippen LogP contribution in [0.2, 0.25) is 0 Å². The predicted octanol–water partition coefficient (Wildman–Crippen LogP) is 3.53. The van der Waals surface area contributed by atoms with E-state index in [0.717, 1.165) is 17.8 Å². The molecular formula is C23H26N2O6S. The molecule has 0 radical (unpaired) electrons. The minimum Gasteiger partial charge on any atom is -0.503 e. The van der Waals surface area contributed by atoms with E-state index in [1.54, 1.807) is 25.1 Å². The summed E-state index contributed by atoms with van der Waals surface area (Å²) in [5.74, 6) is -0.686. The van der Waals surface area contributed by atoms with Crippen LogP contribution in [0.15, 0.2) is 29.5 Å². The van der Waals surface area contributed by atoms with E-state index in [9.17, 15) is 14.7 Å². The summed E-state index contributed by atoms with van der Waals surface area (Å²) in [5.41, 5.74) is 1.15. The van der Waals surface area contributed by atoms with Gasteiger partial charge in [-0.3, -0.25) is 9.59 Å². The van der Waals surface area contributed by atoms with Crippen molar-refractivity contribution in [2.24, 2.45) is 0 Å². The van der Waals surface area contributed by atoms with Gasteiger partial charge in [0.1, 0.15) is 0 Å². The molecule has 0 bridgehead atoms. The fourth-order valence-corrected chi connectivity index (χ4v) is 5.27. The normalized spacial score (nSPS) is 20.9. The van der Waals surface area contributed by atoms with E-state index in [-0.39, 0.29) is 18.2 Å². The third-order valence-electron chi connectivity index (χ3n) is 5.81. The van der Waals surface area contributed by atoms with Crippen molar-refractivity contribution in [3.8, 4) is 11.5 Å². The molecule has 32 heavy (non-hydrogen) atoms. The van der Waals surface area contributed by atoms with Crippen molar-refractivity contribution in [3.05, 3.63) is 50.7 Å². The second kappa shape index (κ2) is 8.91. The summed E-state index contributed by atoms with van der Waals surface area (Å²) in [6.45, 7) is 4.45. The van der Waals surface area contributed by atoms with Gasteiger partial charge in [-0.15, -0.1) is 11.3 Å². The molecule has 9 heteroatoms. The smallest absolute Gasteiger partial charge is 0.290 e. The predicted molar refractivity (Wildman–Crippen MR) is 119 cm³/mol. The molecule has 1 amide bonds. The number of para-hydroxylation sites is 1. The Balaban J connectivity index is 1.86. The molecule has 2 aromatic rings. The molecule has 2 atom stereocenters. The molecule has 170 valence electrons. The molecule has 1 N–H and O–H groups in total. The fraction of sp³-hybridized carbons (Fsp3) is 0.435. The third kappa shape index (κ3) is 3.75. The number of aliphatic hydroxyl groups is 1. The number of carbonyl (C=O) groups is 2. The number of ether oxygens (including phenoxy) is 3. The van der Waals surface area contributed by atoms with Crippen LogP contribution in [0.3, 0.4) is 0 Å². The Morgan fingerprint density at radius 2 is 2.09 bits per heavy atom. The number of aryl methyl sites for hydroxylation is 2. The van der Waals surface area contributed by atoms with Crippen LogP contribution in [0.5, 0.6) is 11.5 Å². The van der Waals surface area contributed by atoms with Gasteiger partial charge in [0.2, 0.25) is 5.78 Å². The van der Waals surface area contributed by atoms with E-state index in [1.165, 1.54) is 30.5 Å². The standard InChI is InChI=1S/C23H26N2O6S/c1-12-22(32-13(2)24-12)19(26)17-18(15-8-5-9-16(29-3)21(15)30-4)25(23(28)20(17)27)11-14-7-6-10-31-14/h5,8-9,14,18,27H,6-7,10-11H2,1-4H3. The number of nitrogens with zero attached hydrogens (tertiary/aromatic N) is 2. The van der Waals surface area contributed by atoms with E-state index in [1.807, 2.05) is 6.92 Å². The maximum absolute atomic E-state index is 13.6. The molecule has 3 heterocycles. The van der Waals surface area contributed by atoms with Gasteiger partial charge in [0, 0.05) is 18.7 Å². The monoisotopic (exact) mass is 458 g/mol. The first-order valence-electron chi connectivity index (χ1n) is 10.4. The summed E-state index contributed by atoms with van der Waals surface area (Å²) in [6.07, 6.45) is 1.56. The molecule has 4 rings (SSSR count). The van der Waals surface area contributed by atoms with Crippen LogP contribution in [0, 0.1) is 13.8 Å². The summed E-state index contributed by atoms with van der Waals surface area (Å²) in [4.78, 5) is 33.1. The highest BCUT2D eigenvalue weighted by Gasteiger charge is 2.46. The van der Waals surface area contributed by atoms with Gasteiger partial charge >= 0.3 is 0 Å². The van der Waals surface area contributed by atoms with Crippen LogP contribution in [-0.4, -0.2) is 60.2 Å². The first-order valence-corrected chi connectivity index (χ1v) is 11.2. The molecule has 2 aliphatic rings. The number of hydrogen-bond acceptors (Lipinski definition) is 8. The lowest BCUT2D eigenvalue weighted by Gasteiger charge is -2.30. The van der Waals surface area contributed by atoms with E-state index in [2.05, 4.69) is 4.98 Å². The second-order valence-electron chi connectivity index (χ2n) is 7.82. The van der Waals surface area contributed by atoms with Crippen LogP contribution < -0.4 is 9.47 Å². The Kier molecular flexibility index (Phi) is 6.21. The molecule has 1 aromatic heterocycles. The zero-order valence-electron chi connectivity index (χ0n) is 18.5. The van der Waals surface area contributed by atoms with Crippen molar-refractivity contribution < 1.29 is 28.9 Å². The molecule has 1 fully saturated rings. The number of methoxy groups -OCH3 is 2. The van der Waals surface area contributed by atoms with Crippen molar-refractivity contribution >= 4 is 23.0 Å². The Morgan fingerprint density at radius 3 is 2.69 bits per heavy atom. The van der Waals surface area contributed by atoms with Gasteiger partial charge in [-0.05, 0) is 32.8 Å². The van der Waals surface area contributed by atoms with E-state index >= 15 is 0 Å². The van der Waals surface area contributed by atoms with Crippen molar-refractivity contribution in [2.45, 2.75) is 38.8 Å². The number of aliphatic hydroxyl groups excluding tert-OH is 1. The molecule has 2 unspecified atom stereocenters. The molecular weight excluding hydrogens is 432 g/mol. The highest BCUT2D eigenvalue weighted by Crippen LogP contribution is 2.46. The zero-order chi connectivity index (χ0) is 23.0. The van der Waals surface area contributed by atoms with Gasteiger partial charge < -0.3 is 24.2 Å². The van der Waals surface area contributed by atoms with Gasteiger partial charge in [0.05, 0.1) is 47.5 Å². The number of amides is 1.